The molecule has 0 bridgehead atoms. The molecule has 11 heteroatoms. The lowest BCUT2D eigenvalue weighted by Gasteiger charge is -2.27. The van der Waals surface area contributed by atoms with Crippen LogP contribution in [0.1, 0.15) is 36.7 Å². The Morgan fingerprint density at radius 2 is 1.74 bits per heavy atom. The third kappa shape index (κ3) is 6.00. The van der Waals surface area contributed by atoms with Gasteiger partial charge in [0.2, 0.25) is 0 Å². The van der Waals surface area contributed by atoms with Gasteiger partial charge in [-0.25, -0.2) is 12.8 Å². The number of rotatable bonds is 8. The molecule has 0 spiro atoms. The molecule has 0 unspecified atom stereocenters. The second-order valence-corrected chi connectivity index (χ2v) is 11.9. The number of nitrogens with one attached hydrogen (secondary N) is 2. The Morgan fingerprint density at radius 3 is 2.46 bits per heavy atom. The van der Waals surface area contributed by atoms with Crippen LogP contribution in [0, 0.1) is 5.82 Å². The lowest BCUT2D eigenvalue weighted by Crippen LogP contribution is -2.30. The maximum atomic E-state index is 13.2. The van der Waals surface area contributed by atoms with Gasteiger partial charge in [0.05, 0.1) is 10.5 Å². The molecule has 8 nitrogen and oxygen atoms in total. The van der Waals surface area contributed by atoms with E-state index in [1.807, 2.05) is 18.2 Å². The fourth-order valence-electron chi connectivity index (χ4n) is 4.51. The second-order valence-electron chi connectivity index (χ2n) is 9.11. The first-order valence-corrected chi connectivity index (χ1v) is 14.4. The van der Waals surface area contributed by atoms with E-state index in [9.17, 15) is 22.4 Å². The normalized spacial score (nSPS) is 13.5. The number of benzene rings is 3. The van der Waals surface area contributed by atoms with E-state index in [2.05, 4.69) is 27.1 Å². The van der Waals surface area contributed by atoms with Gasteiger partial charge in [-0.05, 0) is 60.0 Å². The molecule has 1 aromatic heterocycles. The topological polar surface area (TPSA) is 122 Å². The minimum atomic E-state index is -3.99. The van der Waals surface area contributed by atoms with Gasteiger partial charge in [0, 0.05) is 35.8 Å². The molecular weight excluding hydrogens is 539 g/mol. The van der Waals surface area contributed by atoms with E-state index in [1.54, 1.807) is 0 Å². The van der Waals surface area contributed by atoms with Crippen LogP contribution in [0.3, 0.4) is 0 Å². The van der Waals surface area contributed by atoms with Gasteiger partial charge in [0.15, 0.2) is 0 Å². The Hall–Kier alpha value is -4.06. The number of hydrogen-bond donors (Lipinski definition) is 3. The first-order valence-electron chi connectivity index (χ1n) is 12.1. The summed E-state index contributed by atoms with van der Waals surface area (Å²) in [5.74, 6) is -1.68. The quantitative estimate of drug-likeness (QED) is 0.289. The Morgan fingerprint density at radius 1 is 1.00 bits per heavy atom. The Labute approximate surface area is 229 Å². The Kier molecular flexibility index (Phi) is 7.47. The summed E-state index contributed by atoms with van der Waals surface area (Å²) in [5, 5.41) is 3.17. The van der Waals surface area contributed by atoms with Gasteiger partial charge in [-0.3, -0.25) is 19.2 Å². The standard InChI is InChI=1S/C28H25FN4O4S2/c29-20-9-11-22(12-10-20)39(36,37)32-21-8-4-7-19(15-21)27(35)31-28-25(26(30)34)23-13-14-33(17-24(23)38-28)16-18-5-2-1-3-6-18/h1-12,15,32H,13-14,16-17H2,(H2,30,34)(H,31,35). The van der Waals surface area contributed by atoms with Crippen LogP contribution in [-0.2, 0) is 29.5 Å². The molecule has 0 saturated carbocycles. The minimum Gasteiger partial charge on any atom is -0.365 e. The number of thiophene rings is 1. The van der Waals surface area contributed by atoms with Gasteiger partial charge in [0.25, 0.3) is 21.8 Å². The third-order valence-electron chi connectivity index (χ3n) is 6.36. The molecule has 0 aliphatic carbocycles. The number of carbonyl (C=O) groups is 2. The van der Waals surface area contributed by atoms with Crippen molar-refractivity contribution in [3.63, 3.8) is 0 Å². The summed E-state index contributed by atoms with van der Waals surface area (Å²) in [6, 6.07) is 20.5. The molecule has 1 aliphatic rings. The smallest absolute Gasteiger partial charge is 0.261 e. The van der Waals surface area contributed by atoms with E-state index in [4.69, 9.17) is 5.73 Å². The van der Waals surface area contributed by atoms with Crippen molar-refractivity contribution in [1.82, 2.24) is 4.90 Å². The molecule has 2 amide bonds. The van der Waals surface area contributed by atoms with Gasteiger partial charge in [-0.2, -0.15) is 0 Å². The molecule has 1 aliphatic heterocycles. The number of nitrogens with two attached hydrogens (primary N) is 1. The Bertz CT molecular complexity index is 1640. The van der Waals surface area contributed by atoms with E-state index in [1.165, 1.54) is 41.2 Å². The largest absolute Gasteiger partial charge is 0.365 e. The monoisotopic (exact) mass is 564 g/mol. The van der Waals surface area contributed by atoms with Gasteiger partial charge in [-0.15, -0.1) is 11.3 Å². The van der Waals surface area contributed by atoms with Crippen LogP contribution in [0.25, 0.3) is 0 Å². The zero-order valence-electron chi connectivity index (χ0n) is 20.7. The van der Waals surface area contributed by atoms with E-state index in [-0.39, 0.29) is 16.1 Å². The number of sulfonamides is 1. The van der Waals surface area contributed by atoms with Crippen molar-refractivity contribution in [2.45, 2.75) is 24.4 Å². The summed E-state index contributed by atoms with van der Waals surface area (Å²) in [6.45, 7) is 2.15. The van der Waals surface area contributed by atoms with Crippen LogP contribution in [0.15, 0.2) is 83.8 Å². The molecule has 4 aromatic rings. The zero-order chi connectivity index (χ0) is 27.6. The van der Waals surface area contributed by atoms with Crippen molar-refractivity contribution in [2.75, 3.05) is 16.6 Å². The predicted octanol–water partition coefficient (Wildman–Crippen LogP) is 4.60. The van der Waals surface area contributed by atoms with Crippen LogP contribution in [0.2, 0.25) is 0 Å². The highest BCUT2D eigenvalue weighted by Crippen LogP contribution is 2.37. The van der Waals surface area contributed by atoms with Crippen molar-refractivity contribution >= 4 is 43.9 Å². The van der Waals surface area contributed by atoms with E-state index < -0.39 is 27.7 Å². The summed E-state index contributed by atoms with van der Waals surface area (Å²) in [4.78, 5) is 28.7. The van der Waals surface area contributed by atoms with E-state index in [0.717, 1.165) is 47.8 Å². The van der Waals surface area contributed by atoms with Gasteiger partial charge in [-0.1, -0.05) is 36.4 Å². The number of anilines is 2. The number of carbonyl (C=O) groups excluding carboxylic acids is 2. The van der Waals surface area contributed by atoms with Crippen molar-refractivity contribution in [1.29, 1.82) is 0 Å². The molecular formula is C28H25FN4O4S2. The summed E-state index contributed by atoms with van der Waals surface area (Å²) >= 11 is 1.32. The molecule has 39 heavy (non-hydrogen) atoms. The van der Waals surface area contributed by atoms with Gasteiger partial charge >= 0.3 is 0 Å². The van der Waals surface area contributed by atoms with Crippen molar-refractivity contribution in [2.24, 2.45) is 5.73 Å². The predicted molar refractivity (Wildman–Crippen MR) is 149 cm³/mol. The lowest BCUT2D eigenvalue weighted by molar-refractivity contribution is 0.0999. The number of amides is 2. The van der Waals surface area contributed by atoms with Crippen LogP contribution in [-0.4, -0.2) is 31.7 Å². The molecule has 0 saturated heterocycles. The summed E-state index contributed by atoms with van der Waals surface area (Å²) in [5.41, 5.74) is 8.42. The maximum Gasteiger partial charge on any atom is 0.261 e. The highest BCUT2D eigenvalue weighted by atomic mass is 32.2. The highest BCUT2D eigenvalue weighted by Gasteiger charge is 2.28. The number of fused-ring (bicyclic) bond motifs is 1. The molecule has 4 N–H and O–H groups in total. The fourth-order valence-corrected chi connectivity index (χ4v) is 6.85. The van der Waals surface area contributed by atoms with Crippen LogP contribution < -0.4 is 15.8 Å². The molecule has 0 fully saturated rings. The molecule has 3 aromatic carbocycles. The summed E-state index contributed by atoms with van der Waals surface area (Å²) in [6.07, 6.45) is 0.632. The third-order valence-corrected chi connectivity index (χ3v) is 8.89. The van der Waals surface area contributed by atoms with Crippen LogP contribution in [0.4, 0.5) is 15.1 Å². The highest BCUT2D eigenvalue weighted by molar-refractivity contribution is 7.92. The first-order chi connectivity index (χ1) is 18.7. The summed E-state index contributed by atoms with van der Waals surface area (Å²) < 4.78 is 40.9. The molecule has 0 atom stereocenters. The summed E-state index contributed by atoms with van der Waals surface area (Å²) in [7, 11) is -3.99. The van der Waals surface area contributed by atoms with Gasteiger partial charge in [0.1, 0.15) is 10.8 Å². The van der Waals surface area contributed by atoms with Crippen LogP contribution >= 0.6 is 11.3 Å². The van der Waals surface area contributed by atoms with Gasteiger partial charge < -0.3 is 11.1 Å². The molecule has 2 heterocycles. The van der Waals surface area contributed by atoms with E-state index >= 15 is 0 Å². The first kappa shape index (κ1) is 26.5. The zero-order valence-corrected chi connectivity index (χ0v) is 22.3. The Balaban J connectivity index is 1.33. The maximum absolute atomic E-state index is 13.2. The molecule has 0 radical (unpaired) electrons. The number of primary amides is 1. The molecule has 200 valence electrons. The van der Waals surface area contributed by atoms with Crippen molar-refractivity contribution in [3.05, 3.63) is 112 Å². The second kappa shape index (κ2) is 11.0. The number of nitrogens with zero attached hydrogens (tertiary/aromatic N) is 1. The van der Waals surface area contributed by atoms with Crippen LogP contribution in [0.5, 0.6) is 0 Å². The van der Waals surface area contributed by atoms with Crippen molar-refractivity contribution < 1.29 is 22.4 Å². The average Bonchev–Trinajstić information content (AvgIpc) is 3.26. The average molecular weight is 565 g/mol. The lowest BCUT2D eigenvalue weighted by atomic mass is 10.0. The van der Waals surface area contributed by atoms with E-state index in [0.29, 0.717) is 23.5 Å². The number of hydrogen-bond acceptors (Lipinski definition) is 6. The SMILES string of the molecule is NC(=O)c1c(NC(=O)c2cccc(NS(=O)(=O)c3ccc(F)cc3)c2)sc2c1CCN(Cc1ccccc1)C2. The minimum absolute atomic E-state index is 0.115. The number of halogens is 1. The van der Waals surface area contributed by atoms with Crippen molar-refractivity contribution in [3.8, 4) is 0 Å². The fraction of sp³-hybridized carbons (Fsp3) is 0.143. The molecule has 5 rings (SSSR count).